The summed E-state index contributed by atoms with van der Waals surface area (Å²) in [4.78, 5) is 31.8. The third kappa shape index (κ3) is 4.84. The molecule has 0 aliphatic carbocycles. The minimum absolute atomic E-state index is 0.0311. The molecule has 0 bridgehead atoms. The van der Waals surface area contributed by atoms with Gasteiger partial charge in [0.15, 0.2) is 0 Å². The van der Waals surface area contributed by atoms with Gasteiger partial charge in [0.05, 0.1) is 5.56 Å². The van der Waals surface area contributed by atoms with E-state index in [9.17, 15) is 9.59 Å². The molecule has 2 aromatic rings. The van der Waals surface area contributed by atoms with E-state index >= 15 is 0 Å². The average Bonchev–Trinajstić information content (AvgIpc) is 2.72. The molecule has 0 radical (unpaired) electrons. The molecule has 6 heteroatoms. The number of hydrogen-bond acceptors (Lipinski definition) is 4. The number of benzene rings is 1. The van der Waals surface area contributed by atoms with E-state index < -0.39 is 5.97 Å². The zero-order chi connectivity index (χ0) is 19.2. The van der Waals surface area contributed by atoms with Crippen molar-refractivity contribution in [2.75, 3.05) is 25.0 Å². The second-order valence-corrected chi connectivity index (χ2v) is 6.99. The van der Waals surface area contributed by atoms with Gasteiger partial charge < -0.3 is 14.9 Å². The number of carboxylic acid groups (broad SMARTS) is 1. The predicted octanol–water partition coefficient (Wildman–Crippen LogP) is 3.57. The van der Waals surface area contributed by atoms with Gasteiger partial charge in [-0.2, -0.15) is 0 Å². The summed E-state index contributed by atoms with van der Waals surface area (Å²) in [5, 5.41) is 8.86. The van der Waals surface area contributed by atoms with Crippen LogP contribution in [0.2, 0.25) is 0 Å². The smallest absolute Gasteiger partial charge is 0.303 e. The zero-order valence-corrected chi connectivity index (χ0v) is 15.5. The van der Waals surface area contributed by atoms with Crippen LogP contribution in [-0.4, -0.2) is 47.0 Å². The van der Waals surface area contributed by atoms with Crippen LogP contribution in [0.1, 0.15) is 36.0 Å². The molecule has 0 spiro atoms. The molecule has 1 fully saturated rings. The fourth-order valence-corrected chi connectivity index (χ4v) is 3.49. The lowest BCUT2D eigenvalue weighted by Crippen LogP contribution is -2.40. The van der Waals surface area contributed by atoms with Crippen LogP contribution in [0, 0.1) is 5.92 Å². The van der Waals surface area contributed by atoms with E-state index in [0.717, 1.165) is 24.3 Å². The van der Waals surface area contributed by atoms with Crippen LogP contribution >= 0.6 is 0 Å². The molecule has 3 rings (SSSR count). The molecule has 1 aromatic carbocycles. The number of amides is 1. The number of carbonyl (C=O) groups excluding carboxylic acids is 1. The summed E-state index contributed by atoms with van der Waals surface area (Å²) in [5.41, 5.74) is 1.60. The maximum atomic E-state index is 12.8. The van der Waals surface area contributed by atoms with Crippen LogP contribution in [0.4, 0.5) is 11.5 Å². The van der Waals surface area contributed by atoms with Crippen molar-refractivity contribution in [2.45, 2.75) is 25.7 Å². The highest BCUT2D eigenvalue weighted by atomic mass is 16.4. The minimum atomic E-state index is -0.777. The quantitative estimate of drug-likeness (QED) is 0.845. The lowest BCUT2D eigenvalue weighted by molar-refractivity contribution is -0.137. The van der Waals surface area contributed by atoms with E-state index in [1.54, 1.807) is 6.20 Å². The summed E-state index contributed by atoms with van der Waals surface area (Å²) in [6.07, 6.45) is 4.30. The number of piperidine rings is 1. The van der Waals surface area contributed by atoms with Crippen LogP contribution in [0.5, 0.6) is 0 Å². The highest BCUT2D eigenvalue weighted by molar-refractivity contribution is 5.94. The molecule has 1 N–H and O–H groups in total. The molecule has 1 amide bonds. The number of carboxylic acids is 1. The molecule has 1 aliphatic rings. The van der Waals surface area contributed by atoms with Crippen molar-refractivity contribution in [1.82, 2.24) is 9.88 Å². The highest BCUT2D eigenvalue weighted by Gasteiger charge is 2.25. The fourth-order valence-electron chi connectivity index (χ4n) is 3.49. The maximum absolute atomic E-state index is 12.8. The van der Waals surface area contributed by atoms with E-state index in [2.05, 4.69) is 4.98 Å². The van der Waals surface area contributed by atoms with Gasteiger partial charge in [-0.25, -0.2) is 4.98 Å². The second-order valence-electron chi connectivity index (χ2n) is 6.99. The number of aromatic nitrogens is 1. The Hall–Kier alpha value is -2.89. The molecule has 142 valence electrons. The van der Waals surface area contributed by atoms with Gasteiger partial charge in [-0.1, -0.05) is 18.2 Å². The van der Waals surface area contributed by atoms with Crippen LogP contribution in [-0.2, 0) is 4.79 Å². The van der Waals surface area contributed by atoms with E-state index in [1.807, 2.05) is 59.3 Å². The fraction of sp³-hybridized carbons (Fsp3) is 0.381. The summed E-state index contributed by atoms with van der Waals surface area (Å²) in [7, 11) is 1.94. The van der Waals surface area contributed by atoms with Gasteiger partial charge in [-0.05, 0) is 49.4 Å². The largest absolute Gasteiger partial charge is 0.481 e. The first-order valence-corrected chi connectivity index (χ1v) is 9.30. The van der Waals surface area contributed by atoms with Crippen LogP contribution in [0.25, 0.3) is 0 Å². The topological polar surface area (TPSA) is 73.7 Å². The van der Waals surface area contributed by atoms with Crippen molar-refractivity contribution in [3.8, 4) is 0 Å². The van der Waals surface area contributed by atoms with Crippen molar-refractivity contribution >= 4 is 23.4 Å². The highest BCUT2D eigenvalue weighted by Crippen LogP contribution is 2.24. The first-order valence-electron chi connectivity index (χ1n) is 9.30. The van der Waals surface area contributed by atoms with Crippen molar-refractivity contribution < 1.29 is 14.7 Å². The van der Waals surface area contributed by atoms with Crippen LogP contribution in [0.3, 0.4) is 0 Å². The Morgan fingerprint density at radius 3 is 2.67 bits per heavy atom. The normalized spacial score (nSPS) is 16.8. The number of carbonyl (C=O) groups is 2. The Bertz CT molecular complexity index is 777. The van der Waals surface area contributed by atoms with Gasteiger partial charge in [-0.3, -0.25) is 9.59 Å². The van der Waals surface area contributed by atoms with Gasteiger partial charge in [0.1, 0.15) is 5.82 Å². The van der Waals surface area contributed by atoms with Gasteiger partial charge >= 0.3 is 5.97 Å². The number of aliphatic carboxylic acids is 1. The molecule has 1 unspecified atom stereocenters. The predicted molar refractivity (Wildman–Crippen MR) is 104 cm³/mol. The monoisotopic (exact) mass is 367 g/mol. The molecule has 1 aromatic heterocycles. The summed E-state index contributed by atoms with van der Waals surface area (Å²) >= 11 is 0. The molecule has 0 saturated carbocycles. The van der Waals surface area contributed by atoms with Crippen molar-refractivity contribution in [3.63, 3.8) is 0 Å². The van der Waals surface area contributed by atoms with Gasteiger partial charge in [-0.15, -0.1) is 0 Å². The van der Waals surface area contributed by atoms with Crippen LogP contribution < -0.4 is 4.90 Å². The Morgan fingerprint density at radius 2 is 2.00 bits per heavy atom. The maximum Gasteiger partial charge on any atom is 0.303 e. The molecule has 1 saturated heterocycles. The Balaban J connectivity index is 1.64. The first kappa shape index (κ1) is 18.9. The molecule has 2 heterocycles. The summed E-state index contributed by atoms with van der Waals surface area (Å²) in [6.45, 7) is 1.34. The van der Waals surface area contributed by atoms with E-state index in [-0.39, 0.29) is 18.2 Å². The summed E-state index contributed by atoms with van der Waals surface area (Å²) in [5.74, 6) is 0.225. The standard InChI is InChI=1S/C21H25N3O3/c1-23(18-7-3-2-4-8-18)19-11-10-17(14-22-19)21(27)24-13-5-6-16(15-24)9-12-20(25)26/h2-4,7-8,10-11,14,16H,5-6,9,12-13,15H2,1H3,(H,25,26). The molecule has 1 aliphatic heterocycles. The van der Waals surface area contributed by atoms with Crippen molar-refractivity contribution in [3.05, 3.63) is 54.2 Å². The lowest BCUT2D eigenvalue weighted by atomic mass is 9.93. The Morgan fingerprint density at radius 1 is 1.22 bits per heavy atom. The number of likely N-dealkylation sites (tertiary alicyclic amines) is 1. The first-order chi connectivity index (χ1) is 13.0. The number of nitrogens with zero attached hydrogens (tertiary/aromatic N) is 3. The summed E-state index contributed by atoms with van der Waals surface area (Å²) in [6, 6.07) is 13.6. The van der Waals surface area contributed by atoms with E-state index in [0.29, 0.717) is 25.1 Å². The van der Waals surface area contributed by atoms with E-state index in [1.165, 1.54) is 0 Å². The third-order valence-corrected chi connectivity index (χ3v) is 5.05. The number of pyridine rings is 1. The second kappa shape index (κ2) is 8.66. The third-order valence-electron chi connectivity index (χ3n) is 5.05. The molecule has 6 nitrogen and oxygen atoms in total. The number of rotatable bonds is 6. The van der Waals surface area contributed by atoms with Crippen LogP contribution in [0.15, 0.2) is 48.7 Å². The van der Waals surface area contributed by atoms with Gasteiger partial charge in [0.25, 0.3) is 5.91 Å². The summed E-state index contributed by atoms with van der Waals surface area (Å²) < 4.78 is 0. The van der Waals surface area contributed by atoms with Gasteiger partial charge in [0, 0.05) is 38.4 Å². The Kier molecular flexibility index (Phi) is 6.06. The van der Waals surface area contributed by atoms with Gasteiger partial charge in [0.2, 0.25) is 0 Å². The SMILES string of the molecule is CN(c1ccccc1)c1ccc(C(=O)N2CCCC(CCC(=O)O)C2)cn1. The molecular weight excluding hydrogens is 342 g/mol. The minimum Gasteiger partial charge on any atom is -0.481 e. The van der Waals surface area contributed by atoms with E-state index in [4.69, 9.17) is 5.11 Å². The number of para-hydroxylation sites is 1. The zero-order valence-electron chi connectivity index (χ0n) is 15.5. The number of anilines is 2. The number of hydrogen-bond donors (Lipinski definition) is 1. The van der Waals surface area contributed by atoms with Crippen molar-refractivity contribution in [2.24, 2.45) is 5.92 Å². The lowest BCUT2D eigenvalue weighted by Gasteiger charge is -2.32. The molecule has 1 atom stereocenters. The van der Waals surface area contributed by atoms with Crippen molar-refractivity contribution in [1.29, 1.82) is 0 Å². The average molecular weight is 367 g/mol. The molecular formula is C21H25N3O3. The Labute approximate surface area is 159 Å². The molecule has 27 heavy (non-hydrogen) atoms.